The fourth-order valence-corrected chi connectivity index (χ4v) is 2.81. The number of pyridine rings is 1. The van der Waals surface area contributed by atoms with Crippen LogP contribution in [-0.4, -0.2) is 16.8 Å². The van der Waals surface area contributed by atoms with E-state index in [-0.39, 0.29) is 11.8 Å². The Morgan fingerprint density at radius 1 is 1.08 bits per heavy atom. The Morgan fingerprint density at radius 3 is 2.52 bits per heavy atom. The predicted octanol–water partition coefficient (Wildman–Crippen LogP) is 3.45. The summed E-state index contributed by atoms with van der Waals surface area (Å²) < 4.78 is 0. The molecule has 0 unspecified atom stereocenters. The number of allylic oxidation sites excluding steroid dienone is 1. The van der Waals surface area contributed by atoms with Crippen LogP contribution >= 0.6 is 0 Å². The number of hydrogen-bond acceptors (Lipinski definition) is 3. The van der Waals surface area contributed by atoms with E-state index in [9.17, 15) is 9.59 Å². The van der Waals surface area contributed by atoms with Crippen molar-refractivity contribution in [1.29, 1.82) is 0 Å². The quantitative estimate of drug-likeness (QED) is 0.822. The number of benzene rings is 1. The summed E-state index contributed by atoms with van der Waals surface area (Å²) in [6, 6.07) is 10.9. The minimum absolute atomic E-state index is 0.0362. The molecule has 1 aromatic carbocycles. The Labute approximate surface area is 147 Å². The van der Waals surface area contributed by atoms with Crippen LogP contribution in [0.25, 0.3) is 0 Å². The number of amides is 2. The van der Waals surface area contributed by atoms with Crippen molar-refractivity contribution in [3.05, 3.63) is 71.6 Å². The van der Waals surface area contributed by atoms with E-state index in [0.717, 1.165) is 18.4 Å². The van der Waals surface area contributed by atoms with Crippen LogP contribution in [0, 0.1) is 0 Å². The summed E-state index contributed by atoms with van der Waals surface area (Å²) in [5.74, 6) is -0.233. The zero-order valence-corrected chi connectivity index (χ0v) is 14.0. The summed E-state index contributed by atoms with van der Waals surface area (Å²) in [5, 5.41) is 5.72. The monoisotopic (exact) mass is 335 g/mol. The Bertz CT molecular complexity index is 759. The summed E-state index contributed by atoms with van der Waals surface area (Å²) >= 11 is 0. The number of nitrogens with one attached hydrogen (secondary N) is 2. The van der Waals surface area contributed by atoms with Gasteiger partial charge in [-0.3, -0.25) is 14.6 Å². The molecule has 1 aliphatic carbocycles. The number of nitrogens with zero attached hydrogens (tertiary/aromatic N) is 1. The molecule has 1 heterocycles. The van der Waals surface area contributed by atoms with Gasteiger partial charge in [0.15, 0.2) is 0 Å². The maximum absolute atomic E-state index is 12.1. The highest BCUT2D eigenvalue weighted by atomic mass is 16.2. The van der Waals surface area contributed by atoms with Gasteiger partial charge in [0.1, 0.15) is 0 Å². The summed E-state index contributed by atoms with van der Waals surface area (Å²) in [5.41, 5.74) is 3.44. The first-order valence-electron chi connectivity index (χ1n) is 8.48. The second kappa shape index (κ2) is 8.24. The number of carbonyl (C=O) groups is 2. The van der Waals surface area contributed by atoms with Crippen molar-refractivity contribution in [2.45, 2.75) is 32.2 Å². The molecule has 0 atom stereocenters. The molecule has 0 bridgehead atoms. The Kier molecular flexibility index (Phi) is 5.57. The predicted molar refractivity (Wildman–Crippen MR) is 97.0 cm³/mol. The van der Waals surface area contributed by atoms with Crippen LogP contribution in [0.4, 0.5) is 5.69 Å². The van der Waals surface area contributed by atoms with E-state index in [1.807, 2.05) is 24.3 Å². The lowest BCUT2D eigenvalue weighted by Gasteiger charge is -2.07. The smallest absolute Gasteiger partial charge is 0.257 e. The maximum Gasteiger partial charge on any atom is 0.257 e. The van der Waals surface area contributed by atoms with Crippen LogP contribution in [0.2, 0.25) is 0 Å². The first-order valence-corrected chi connectivity index (χ1v) is 8.48. The van der Waals surface area contributed by atoms with E-state index >= 15 is 0 Å². The lowest BCUT2D eigenvalue weighted by molar-refractivity contribution is -0.116. The summed E-state index contributed by atoms with van der Waals surface area (Å²) in [6.45, 7) is 0.472. The second-order valence-electron chi connectivity index (χ2n) is 6.12. The molecule has 2 amide bonds. The molecule has 1 saturated carbocycles. The molecule has 5 heteroatoms. The molecule has 0 aliphatic heterocycles. The number of carbonyl (C=O) groups excluding carboxylic acids is 2. The molecule has 128 valence electrons. The molecule has 0 radical (unpaired) electrons. The molecule has 2 N–H and O–H groups in total. The van der Waals surface area contributed by atoms with Crippen molar-refractivity contribution in [2.24, 2.45) is 0 Å². The van der Waals surface area contributed by atoms with Crippen LogP contribution < -0.4 is 10.6 Å². The SMILES string of the molecule is O=C(C=C1CCCC1)NCc1ccc(NC(=O)c2cccnc2)cc1. The highest BCUT2D eigenvalue weighted by Gasteiger charge is 2.09. The van der Waals surface area contributed by atoms with Crippen molar-refractivity contribution in [1.82, 2.24) is 10.3 Å². The van der Waals surface area contributed by atoms with Gasteiger partial charge in [0.05, 0.1) is 5.56 Å². The number of rotatable bonds is 5. The molecule has 3 rings (SSSR count). The average Bonchev–Trinajstić information content (AvgIpc) is 3.15. The minimum atomic E-state index is -0.197. The number of aromatic nitrogens is 1. The van der Waals surface area contributed by atoms with Crippen molar-refractivity contribution >= 4 is 17.5 Å². The van der Waals surface area contributed by atoms with Gasteiger partial charge < -0.3 is 10.6 Å². The van der Waals surface area contributed by atoms with E-state index in [2.05, 4.69) is 15.6 Å². The molecule has 1 aliphatic rings. The lowest BCUT2D eigenvalue weighted by atomic mass is 10.2. The van der Waals surface area contributed by atoms with Crippen LogP contribution in [0.5, 0.6) is 0 Å². The largest absolute Gasteiger partial charge is 0.348 e. The van der Waals surface area contributed by atoms with Gasteiger partial charge in [0, 0.05) is 30.7 Å². The van der Waals surface area contributed by atoms with E-state index < -0.39 is 0 Å². The van der Waals surface area contributed by atoms with Gasteiger partial charge in [-0.1, -0.05) is 17.7 Å². The van der Waals surface area contributed by atoms with Crippen LogP contribution in [0.3, 0.4) is 0 Å². The molecule has 1 fully saturated rings. The standard InChI is InChI=1S/C20H21N3O2/c24-19(12-15-4-1-2-5-15)22-13-16-7-9-18(10-8-16)23-20(25)17-6-3-11-21-14-17/h3,6-12,14H,1-2,4-5,13H2,(H,22,24)(H,23,25). The van der Waals surface area contributed by atoms with Gasteiger partial charge in [-0.2, -0.15) is 0 Å². The van der Waals surface area contributed by atoms with Crippen LogP contribution in [0.15, 0.2) is 60.4 Å². The third-order valence-electron chi connectivity index (χ3n) is 4.18. The Balaban J connectivity index is 1.51. The molecule has 0 saturated heterocycles. The lowest BCUT2D eigenvalue weighted by Crippen LogP contribution is -2.20. The number of hydrogen-bond donors (Lipinski definition) is 2. The van der Waals surface area contributed by atoms with E-state index in [1.54, 1.807) is 24.4 Å². The highest BCUT2D eigenvalue weighted by molar-refractivity contribution is 6.04. The third kappa shape index (κ3) is 5.01. The van der Waals surface area contributed by atoms with Crippen LogP contribution in [-0.2, 0) is 11.3 Å². The highest BCUT2D eigenvalue weighted by Crippen LogP contribution is 2.23. The molecule has 5 nitrogen and oxygen atoms in total. The summed E-state index contributed by atoms with van der Waals surface area (Å²) in [6.07, 6.45) is 9.34. The van der Waals surface area contributed by atoms with Crippen molar-refractivity contribution in [2.75, 3.05) is 5.32 Å². The van der Waals surface area contributed by atoms with Gasteiger partial charge in [0.25, 0.3) is 5.91 Å². The van der Waals surface area contributed by atoms with Gasteiger partial charge >= 0.3 is 0 Å². The summed E-state index contributed by atoms with van der Waals surface area (Å²) in [7, 11) is 0. The van der Waals surface area contributed by atoms with Crippen molar-refractivity contribution in [3.8, 4) is 0 Å². The molecular formula is C20H21N3O2. The normalized spacial score (nSPS) is 13.4. The fraction of sp³-hybridized carbons (Fsp3) is 0.250. The minimum Gasteiger partial charge on any atom is -0.348 e. The molecular weight excluding hydrogens is 314 g/mol. The topological polar surface area (TPSA) is 71.1 Å². The maximum atomic E-state index is 12.1. The van der Waals surface area contributed by atoms with Gasteiger partial charge in [-0.05, 0) is 55.5 Å². The van der Waals surface area contributed by atoms with Crippen LogP contribution in [0.1, 0.15) is 41.6 Å². The fourth-order valence-electron chi connectivity index (χ4n) is 2.81. The van der Waals surface area contributed by atoms with Crippen molar-refractivity contribution in [3.63, 3.8) is 0 Å². The first kappa shape index (κ1) is 16.9. The van der Waals surface area contributed by atoms with E-state index in [0.29, 0.717) is 17.8 Å². The zero-order chi connectivity index (χ0) is 17.5. The molecule has 0 spiro atoms. The number of anilines is 1. The first-order chi connectivity index (χ1) is 12.2. The zero-order valence-electron chi connectivity index (χ0n) is 14.0. The van der Waals surface area contributed by atoms with E-state index in [1.165, 1.54) is 24.6 Å². The summed E-state index contributed by atoms with van der Waals surface area (Å²) in [4.78, 5) is 27.9. The second-order valence-corrected chi connectivity index (χ2v) is 6.12. The Morgan fingerprint density at radius 2 is 1.84 bits per heavy atom. The molecule has 1 aromatic heterocycles. The molecule has 25 heavy (non-hydrogen) atoms. The van der Waals surface area contributed by atoms with E-state index in [4.69, 9.17) is 0 Å². The Hall–Kier alpha value is -2.95. The van der Waals surface area contributed by atoms with Gasteiger partial charge in [-0.15, -0.1) is 0 Å². The van der Waals surface area contributed by atoms with Crippen molar-refractivity contribution < 1.29 is 9.59 Å². The average molecular weight is 335 g/mol. The molecule has 2 aromatic rings. The van der Waals surface area contributed by atoms with Gasteiger partial charge in [0.2, 0.25) is 5.91 Å². The van der Waals surface area contributed by atoms with Gasteiger partial charge in [-0.25, -0.2) is 0 Å². The third-order valence-corrected chi connectivity index (χ3v) is 4.18.